The Morgan fingerprint density at radius 3 is 2.71 bits per heavy atom. The zero-order valence-electron chi connectivity index (χ0n) is 12.2. The van der Waals surface area contributed by atoms with E-state index in [9.17, 15) is 0 Å². The highest BCUT2D eigenvalue weighted by Gasteiger charge is 2.24. The number of pyridine rings is 1. The number of rotatable bonds is 3. The third-order valence-electron chi connectivity index (χ3n) is 2.70. The molecule has 0 aliphatic rings. The van der Waals surface area contributed by atoms with Gasteiger partial charge in [0.2, 0.25) is 26.7 Å². The van der Waals surface area contributed by atoms with Crippen molar-refractivity contribution in [2.24, 2.45) is 0 Å². The lowest BCUT2D eigenvalue weighted by atomic mass is 9.98. The fourth-order valence-electron chi connectivity index (χ4n) is 1.60. The number of fused-ring (bicyclic) bond motifs is 1. The summed E-state index contributed by atoms with van der Waals surface area (Å²) in [7, 11) is 2.94. The minimum absolute atomic E-state index is 0.0357. The van der Waals surface area contributed by atoms with Crippen LogP contribution in [0.1, 0.15) is 25.8 Å². The average molecular weight is 339 g/mol. The molecule has 0 bridgehead atoms. The van der Waals surface area contributed by atoms with Crippen LogP contribution >= 0.6 is 31.8 Å². The smallest absolute Gasteiger partial charge is 0.233 e. The molecule has 0 saturated heterocycles. The van der Waals surface area contributed by atoms with Crippen molar-refractivity contribution in [1.29, 1.82) is 0 Å². The van der Waals surface area contributed by atoms with E-state index in [1.807, 2.05) is 12.1 Å². The first kappa shape index (κ1) is 14.7. The Kier molecular flexibility index (Phi) is 3.85. The van der Waals surface area contributed by atoms with Crippen LogP contribution in [0.3, 0.4) is 0 Å². The van der Waals surface area contributed by atoms with Crippen LogP contribution in [0.4, 0.5) is 0 Å². The molecule has 0 aliphatic carbocycles. The van der Waals surface area contributed by atoms with E-state index < -0.39 is 0 Å². The summed E-state index contributed by atoms with van der Waals surface area (Å²) in [5.74, 6) is 0.590. The molecule has 3 rings (SSSR count). The first-order valence-electron chi connectivity index (χ1n) is 6.33. The average Bonchev–Trinajstić information content (AvgIpc) is 3.03. The molecule has 21 heavy (non-hydrogen) atoms. The van der Waals surface area contributed by atoms with Gasteiger partial charge in [0, 0.05) is 11.5 Å². The normalized spacial score (nSPS) is 12.9. The van der Waals surface area contributed by atoms with Gasteiger partial charge in [-0.15, -0.1) is 10.2 Å². The molecular formula is C13H15N4OS3+. The fourth-order valence-corrected chi connectivity index (χ4v) is 5.94. The van der Waals surface area contributed by atoms with Crippen LogP contribution in [-0.2, 0) is 5.41 Å². The van der Waals surface area contributed by atoms with Gasteiger partial charge in [-0.25, -0.2) is 0 Å². The molecule has 1 unspecified atom stereocenters. The summed E-state index contributed by atoms with van der Waals surface area (Å²) in [6.45, 7) is 6.42. The second-order valence-electron chi connectivity index (χ2n) is 5.46. The van der Waals surface area contributed by atoms with E-state index in [0.717, 1.165) is 20.4 Å². The molecule has 0 spiro atoms. The monoisotopic (exact) mass is 339 g/mol. The van der Waals surface area contributed by atoms with Crippen molar-refractivity contribution in [3.8, 4) is 5.88 Å². The summed E-state index contributed by atoms with van der Waals surface area (Å²) in [5.41, 5.74) is 0.777. The summed E-state index contributed by atoms with van der Waals surface area (Å²) < 4.78 is 10.7. The molecule has 8 heteroatoms. The maximum absolute atomic E-state index is 5.12. The predicted octanol–water partition coefficient (Wildman–Crippen LogP) is 4.09. The lowest BCUT2D eigenvalue weighted by molar-refractivity contribution is 0.399. The second kappa shape index (κ2) is 5.51. The molecule has 0 saturated carbocycles. The van der Waals surface area contributed by atoms with Gasteiger partial charge in [0.15, 0.2) is 15.1 Å². The van der Waals surface area contributed by atoms with Gasteiger partial charge >= 0.3 is 0 Å². The largest absolute Gasteiger partial charge is 0.481 e. The van der Waals surface area contributed by atoms with Crippen LogP contribution < -0.4 is 4.74 Å². The van der Waals surface area contributed by atoms with Crippen molar-refractivity contribution in [2.45, 2.75) is 30.5 Å². The van der Waals surface area contributed by atoms with Gasteiger partial charge in [-0.3, -0.25) is 0 Å². The zero-order valence-corrected chi connectivity index (χ0v) is 14.6. The van der Waals surface area contributed by atoms with Crippen LogP contribution in [0.5, 0.6) is 5.88 Å². The highest BCUT2D eigenvalue weighted by molar-refractivity contribution is 8.45. The van der Waals surface area contributed by atoms with Crippen molar-refractivity contribution in [1.82, 2.24) is 19.6 Å². The van der Waals surface area contributed by atoms with Gasteiger partial charge in [-0.1, -0.05) is 32.1 Å². The Hall–Kier alpha value is -1.25. The molecule has 0 N–H and O–H groups in total. The fraction of sp³-hybridized carbons (Fsp3) is 0.385. The molecule has 0 aromatic carbocycles. The van der Waals surface area contributed by atoms with Crippen LogP contribution in [-0.4, -0.2) is 26.7 Å². The molecule has 110 valence electrons. The summed E-state index contributed by atoms with van der Waals surface area (Å²) >= 11 is 1.64. The van der Waals surface area contributed by atoms with E-state index in [2.05, 4.69) is 45.7 Å². The number of hydrogen-bond acceptors (Lipinski definition) is 7. The first-order valence-corrected chi connectivity index (χ1v) is 9.72. The maximum atomic E-state index is 5.12. The quantitative estimate of drug-likeness (QED) is 0.529. The predicted molar refractivity (Wildman–Crippen MR) is 88.4 cm³/mol. The summed E-state index contributed by atoms with van der Waals surface area (Å²) in [4.78, 5) is 4.35. The summed E-state index contributed by atoms with van der Waals surface area (Å²) in [6, 6.07) is 3.84. The lowest BCUT2D eigenvalue weighted by Gasteiger charge is -2.11. The maximum Gasteiger partial charge on any atom is 0.233 e. The van der Waals surface area contributed by atoms with Crippen LogP contribution in [0, 0.1) is 0 Å². The zero-order chi connectivity index (χ0) is 15.0. The van der Waals surface area contributed by atoms with Gasteiger partial charge in [0.05, 0.1) is 12.5 Å². The van der Waals surface area contributed by atoms with Gasteiger partial charge in [-0.2, -0.15) is 4.98 Å². The number of nitrogens with zero attached hydrogens (tertiary/aromatic N) is 4. The molecule has 1 atom stereocenters. The topological polar surface area (TPSA) is 60.8 Å². The first-order chi connectivity index (χ1) is 9.95. The molecule has 3 aromatic rings. The molecule has 0 radical (unpaired) electrons. The SMILES string of the molecule is COc1ccc2c[s+](Sc3nnc(C(C)(C)C)s3)nc2n1. The van der Waals surface area contributed by atoms with Crippen molar-refractivity contribution in [3.63, 3.8) is 0 Å². The van der Waals surface area contributed by atoms with Crippen LogP contribution in [0.2, 0.25) is 0 Å². The molecule has 3 heterocycles. The molecule has 0 amide bonds. The van der Waals surface area contributed by atoms with Crippen molar-refractivity contribution >= 4 is 42.9 Å². The molecular weight excluding hydrogens is 324 g/mol. The van der Waals surface area contributed by atoms with E-state index in [1.54, 1.807) is 29.2 Å². The standard InChI is InChI=1S/C13H15N4OS3/c1-13(2,3)11-15-16-12(19-11)20-21-7-8-5-6-9(18-4)14-10(8)17-21/h5-7H,1-4H3/q+1. The Balaban J connectivity index is 1.86. The van der Waals surface area contributed by atoms with Gasteiger partial charge < -0.3 is 4.74 Å². The highest BCUT2D eigenvalue weighted by atomic mass is 33.1. The van der Waals surface area contributed by atoms with E-state index in [0.29, 0.717) is 5.88 Å². The Bertz CT molecular complexity index is 775. The molecule has 0 fully saturated rings. The van der Waals surface area contributed by atoms with Crippen molar-refractivity contribution in [2.75, 3.05) is 7.11 Å². The van der Waals surface area contributed by atoms with E-state index in [1.165, 1.54) is 0 Å². The Labute approximate surface area is 133 Å². The number of aromatic nitrogens is 4. The molecule has 3 aromatic heterocycles. The van der Waals surface area contributed by atoms with E-state index in [-0.39, 0.29) is 15.1 Å². The van der Waals surface area contributed by atoms with Gasteiger partial charge in [0.25, 0.3) is 0 Å². The number of methoxy groups -OCH3 is 1. The van der Waals surface area contributed by atoms with E-state index >= 15 is 0 Å². The highest BCUT2D eigenvalue weighted by Crippen LogP contribution is 2.41. The third-order valence-corrected chi connectivity index (χ3v) is 7.36. The van der Waals surface area contributed by atoms with Crippen molar-refractivity contribution < 1.29 is 4.74 Å². The Morgan fingerprint density at radius 1 is 1.24 bits per heavy atom. The van der Waals surface area contributed by atoms with Crippen molar-refractivity contribution in [3.05, 3.63) is 22.5 Å². The van der Waals surface area contributed by atoms with Crippen LogP contribution in [0.15, 0.2) is 21.9 Å². The number of ether oxygens (including phenoxy) is 1. The minimum atomic E-state index is -0.292. The van der Waals surface area contributed by atoms with E-state index in [4.69, 9.17) is 4.74 Å². The van der Waals surface area contributed by atoms with Crippen LogP contribution in [0.25, 0.3) is 11.0 Å². The molecule has 5 nitrogen and oxygen atoms in total. The lowest BCUT2D eigenvalue weighted by Crippen LogP contribution is -2.10. The summed E-state index contributed by atoms with van der Waals surface area (Å²) in [6.07, 6.45) is 0. The van der Waals surface area contributed by atoms with Gasteiger partial charge in [-0.05, 0) is 10.4 Å². The third kappa shape index (κ3) is 3.17. The second-order valence-corrected chi connectivity index (χ2v) is 9.74. The van der Waals surface area contributed by atoms with Gasteiger partial charge in [0.1, 0.15) is 5.01 Å². The number of hydrogen-bond donors (Lipinski definition) is 0. The summed E-state index contributed by atoms with van der Waals surface area (Å²) in [5, 5.41) is 12.7. The minimum Gasteiger partial charge on any atom is -0.481 e. The molecule has 0 aliphatic heterocycles. The Morgan fingerprint density at radius 2 is 2.05 bits per heavy atom.